The number of fused-ring (bicyclic) bond motifs is 1. The third-order valence-corrected chi connectivity index (χ3v) is 5.67. The summed E-state index contributed by atoms with van der Waals surface area (Å²) in [5, 5.41) is 11.4. The van der Waals surface area contributed by atoms with Crippen molar-refractivity contribution in [2.75, 3.05) is 26.3 Å². The number of aromatic nitrogens is 1. The molecular formula is C20H18F2N2O4S. The predicted octanol–water partition coefficient (Wildman–Crippen LogP) is 4.66. The van der Waals surface area contributed by atoms with Crippen molar-refractivity contribution in [1.82, 2.24) is 9.88 Å². The fraction of sp³-hybridized carbons (Fsp3) is 0.300. The molecule has 0 spiro atoms. The van der Waals surface area contributed by atoms with Crippen LogP contribution in [0.4, 0.5) is 13.6 Å². The number of morpholine rings is 1. The number of rotatable bonds is 5. The van der Waals surface area contributed by atoms with Crippen molar-refractivity contribution in [3.05, 3.63) is 47.5 Å². The van der Waals surface area contributed by atoms with E-state index in [1.807, 2.05) is 12.1 Å². The standard InChI is InChI=1S/C20H18F2N2O4S/c21-19(22)13-8-18(29-11-13)12-6-16-15(2-1-3-23-16)17(7-12)28-10-14-9-24(20(25)26)4-5-27-14/h1-3,6-8,11,14,19H,4-5,9-10H2,(H,25,26)/t14-/m0/s1. The normalized spacial score (nSPS) is 17.1. The average molecular weight is 420 g/mol. The van der Waals surface area contributed by atoms with Crippen molar-refractivity contribution in [1.29, 1.82) is 0 Å². The third-order valence-electron chi connectivity index (χ3n) is 4.67. The molecular weight excluding hydrogens is 402 g/mol. The molecule has 3 aromatic rings. The lowest BCUT2D eigenvalue weighted by molar-refractivity contribution is -0.0409. The van der Waals surface area contributed by atoms with E-state index in [-0.39, 0.29) is 24.8 Å². The lowest BCUT2D eigenvalue weighted by Crippen LogP contribution is -2.47. The summed E-state index contributed by atoms with van der Waals surface area (Å²) in [4.78, 5) is 17.5. The first-order valence-corrected chi connectivity index (χ1v) is 9.87. The van der Waals surface area contributed by atoms with Gasteiger partial charge in [0.05, 0.1) is 18.7 Å². The van der Waals surface area contributed by atoms with E-state index in [0.29, 0.717) is 29.3 Å². The van der Waals surface area contributed by atoms with Gasteiger partial charge < -0.3 is 19.5 Å². The van der Waals surface area contributed by atoms with Gasteiger partial charge in [-0.15, -0.1) is 11.3 Å². The predicted molar refractivity (Wildman–Crippen MR) is 105 cm³/mol. The van der Waals surface area contributed by atoms with Crippen LogP contribution >= 0.6 is 11.3 Å². The Kier molecular flexibility index (Phi) is 5.59. The molecule has 1 aliphatic heterocycles. The number of benzene rings is 1. The molecule has 2 aromatic heterocycles. The second-order valence-electron chi connectivity index (χ2n) is 6.62. The van der Waals surface area contributed by atoms with E-state index in [4.69, 9.17) is 14.6 Å². The van der Waals surface area contributed by atoms with Crippen LogP contribution in [-0.2, 0) is 4.74 Å². The number of alkyl halides is 2. The molecule has 0 aliphatic carbocycles. The molecule has 29 heavy (non-hydrogen) atoms. The minimum atomic E-state index is -2.52. The molecule has 1 saturated heterocycles. The molecule has 0 radical (unpaired) electrons. The second-order valence-corrected chi connectivity index (χ2v) is 7.53. The minimum Gasteiger partial charge on any atom is -0.490 e. The smallest absolute Gasteiger partial charge is 0.407 e. The summed E-state index contributed by atoms with van der Waals surface area (Å²) in [6.07, 6.45) is -2.23. The van der Waals surface area contributed by atoms with Gasteiger partial charge in [0.15, 0.2) is 0 Å². The molecule has 4 rings (SSSR count). The second kappa shape index (κ2) is 8.30. The maximum Gasteiger partial charge on any atom is 0.407 e. The molecule has 1 aromatic carbocycles. The number of carboxylic acid groups (broad SMARTS) is 1. The zero-order valence-electron chi connectivity index (χ0n) is 15.3. The van der Waals surface area contributed by atoms with Gasteiger partial charge in [-0.3, -0.25) is 4.98 Å². The summed E-state index contributed by atoms with van der Waals surface area (Å²) in [6, 6.07) is 8.76. The van der Waals surface area contributed by atoms with Crippen LogP contribution in [0.1, 0.15) is 12.0 Å². The highest BCUT2D eigenvalue weighted by atomic mass is 32.1. The van der Waals surface area contributed by atoms with Crippen LogP contribution in [0.3, 0.4) is 0 Å². The lowest BCUT2D eigenvalue weighted by atomic mass is 10.1. The zero-order valence-corrected chi connectivity index (χ0v) is 16.1. The summed E-state index contributed by atoms with van der Waals surface area (Å²) in [6.45, 7) is 1.05. The Bertz CT molecular complexity index is 1030. The van der Waals surface area contributed by atoms with Crippen LogP contribution in [-0.4, -0.2) is 53.5 Å². The Morgan fingerprint density at radius 2 is 2.28 bits per heavy atom. The molecule has 1 amide bonds. The quantitative estimate of drug-likeness (QED) is 0.650. The van der Waals surface area contributed by atoms with Gasteiger partial charge in [-0.05, 0) is 35.9 Å². The zero-order chi connectivity index (χ0) is 20.4. The highest BCUT2D eigenvalue weighted by Gasteiger charge is 2.24. The Balaban J connectivity index is 1.60. The van der Waals surface area contributed by atoms with E-state index in [2.05, 4.69) is 4.98 Å². The van der Waals surface area contributed by atoms with Gasteiger partial charge in [-0.25, -0.2) is 13.6 Å². The van der Waals surface area contributed by atoms with E-state index in [9.17, 15) is 13.6 Å². The van der Waals surface area contributed by atoms with E-state index >= 15 is 0 Å². The summed E-state index contributed by atoms with van der Waals surface area (Å²) in [5.74, 6) is 0.550. The van der Waals surface area contributed by atoms with Gasteiger partial charge in [-0.2, -0.15) is 0 Å². The van der Waals surface area contributed by atoms with Crippen molar-refractivity contribution >= 4 is 28.3 Å². The molecule has 0 saturated carbocycles. The number of amides is 1. The van der Waals surface area contributed by atoms with Crippen LogP contribution in [0.2, 0.25) is 0 Å². The van der Waals surface area contributed by atoms with Gasteiger partial charge in [0, 0.05) is 33.9 Å². The van der Waals surface area contributed by atoms with Gasteiger partial charge in [0.25, 0.3) is 6.43 Å². The first-order valence-electron chi connectivity index (χ1n) is 8.99. The van der Waals surface area contributed by atoms with Gasteiger partial charge in [-0.1, -0.05) is 0 Å². The van der Waals surface area contributed by atoms with Crippen molar-refractivity contribution < 1.29 is 28.2 Å². The highest BCUT2D eigenvalue weighted by molar-refractivity contribution is 7.13. The number of ether oxygens (including phenoxy) is 2. The van der Waals surface area contributed by atoms with Gasteiger partial charge in [0.1, 0.15) is 18.5 Å². The molecule has 1 N–H and O–H groups in total. The van der Waals surface area contributed by atoms with Crippen LogP contribution in [0.25, 0.3) is 21.3 Å². The Hall–Kier alpha value is -2.78. The van der Waals surface area contributed by atoms with Crippen LogP contribution in [0.5, 0.6) is 5.75 Å². The molecule has 152 valence electrons. The fourth-order valence-corrected chi connectivity index (χ4v) is 4.10. The number of hydrogen-bond acceptors (Lipinski definition) is 5. The summed E-state index contributed by atoms with van der Waals surface area (Å²) >= 11 is 1.24. The van der Waals surface area contributed by atoms with E-state index in [1.54, 1.807) is 18.3 Å². The number of hydrogen-bond donors (Lipinski definition) is 1. The van der Waals surface area contributed by atoms with Crippen molar-refractivity contribution in [2.45, 2.75) is 12.5 Å². The maximum atomic E-state index is 13.0. The lowest BCUT2D eigenvalue weighted by Gasteiger charge is -2.30. The van der Waals surface area contributed by atoms with E-state index < -0.39 is 12.5 Å². The number of pyridine rings is 1. The van der Waals surface area contributed by atoms with E-state index in [0.717, 1.165) is 10.9 Å². The number of halogens is 2. The minimum absolute atomic E-state index is 0.0158. The molecule has 9 heteroatoms. The Morgan fingerprint density at radius 3 is 3.03 bits per heavy atom. The van der Waals surface area contributed by atoms with Gasteiger partial charge in [0.2, 0.25) is 0 Å². The third kappa shape index (κ3) is 4.30. The average Bonchev–Trinajstić information content (AvgIpc) is 3.23. The van der Waals surface area contributed by atoms with Crippen LogP contribution < -0.4 is 4.74 Å². The van der Waals surface area contributed by atoms with Crippen LogP contribution in [0.15, 0.2) is 41.9 Å². The molecule has 0 unspecified atom stereocenters. The van der Waals surface area contributed by atoms with Crippen molar-refractivity contribution in [3.8, 4) is 16.2 Å². The maximum absolute atomic E-state index is 13.0. The van der Waals surface area contributed by atoms with Crippen LogP contribution in [0, 0.1) is 0 Å². The highest BCUT2D eigenvalue weighted by Crippen LogP contribution is 2.36. The first kappa shape index (κ1) is 19.5. The number of nitrogens with zero attached hydrogens (tertiary/aromatic N) is 2. The topological polar surface area (TPSA) is 71.9 Å². The monoisotopic (exact) mass is 420 g/mol. The van der Waals surface area contributed by atoms with Gasteiger partial charge >= 0.3 is 6.09 Å². The number of carbonyl (C=O) groups is 1. The molecule has 1 aliphatic rings. The SMILES string of the molecule is O=C(O)N1CCO[C@H](COc2cc(-c3cc(C(F)F)cs3)cc3ncccc23)C1. The summed E-state index contributed by atoms with van der Waals surface area (Å²) < 4.78 is 37.5. The van der Waals surface area contributed by atoms with Crippen molar-refractivity contribution in [2.24, 2.45) is 0 Å². The molecule has 6 nitrogen and oxygen atoms in total. The Labute approximate surface area is 169 Å². The van der Waals surface area contributed by atoms with Crippen molar-refractivity contribution in [3.63, 3.8) is 0 Å². The Morgan fingerprint density at radius 1 is 1.41 bits per heavy atom. The summed E-state index contributed by atoms with van der Waals surface area (Å²) in [5.41, 5.74) is 1.40. The molecule has 3 heterocycles. The molecule has 1 atom stereocenters. The first-order chi connectivity index (χ1) is 14.0. The fourth-order valence-electron chi connectivity index (χ4n) is 3.20. The number of thiophene rings is 1. The summed E-state index contributed by atoms with van der Waals surface area (Å²) in [7, 11) is 0. The molecule has 0 bridgehead atoms. The molecule has 1 fully saturated rings. The van der Waals surface area contributed by atoms with E-state index in [1.165, 1.54) is 27.7 Å². The largest absolute Gasteiger partial charge is 0.490 e.